The molecule has 0 saturated carbocycles. The molecule has 1 rings (SSSR count). The number of carboxylic acids is 1. The molecule has 1 N–H and O–H groups in total. The Balaban J connectivity index is 2.87. The lowest BCUT2D eigenvalue weighted by Crippen LogP contribution is -2.21. The molecule has 0 fully saturated rings. The summed E-state index contributed by atoms with van der Waals surface area (Å²) in [6.07, 6.45) is -2.45. The molecule has 72 valence electrons. The summed E-state index contributed by atoms with van der Waals surface area (Å²) in [7, 11) is 0. The molecule has 0 aromatic heterocycles. The van der Waals surface area contributed by atoms with Gasteiger partial charge in [0.2, 0.25) is 0 Å². The number of carboxylic acid groups (broad SMARTS) is 1. The summed E-state index contributed by atoms with van der Waals surface area (Å²) in [4.78, 5) is 10.1. The second-order valence-electron chi connectivity index (χ2n) is 2.38. The van der Waals surface area contributed by atoms with Gasteiger partial charge >= 0.3 is 12.3 Å². The molecule has 0 saturated heterocycles. The molecule has 0 bridgehead atoms. The Morgan fingerprint density at radius 1 is 1.57 bits per heavy atom. The third-order valence-electron chi connectivity index (χ3n) is 1.43. The van der Waals surface area contributed by atoms with Gasteiger partial charge in [-0.1, -0.05) is 12.1 Å². The molecule has 0 aliphatic rings. The first-order chi connectivity index (χ1) is 6.65. The van der Waals surface area contributed by atoms with Gasteiger partial charge in [0.25, 0.3) is 0 Å². The van der Waals surface area contributed by atoms with Gasteiger partial charge in [0.15, 0.2) is 0 Å². The van der Waals surface area contributed by atoms with Gasteiger partial charge in [-0.25, -0.2) is 4.79 Å². The molecule has 14 heavy (non-hydrogen) atoms. The van der Waals surface area contributed by atoms with Crippen LogP contribution in [-0.4, -0.2) is 17.4 Å². The van der Waals surface area contributed by atoms with Crippen molar-refractivity contribution in [2.75, 3.05) is 0 Å². The lowest BCUT2D eigenvalue weighted by molar-refractivity contribution is -0.153. The number of rotatable bonds is 3. The lowest BCUT2D eigenvalue weighted by Gasteiger charge is -2.07. The standard InChI is InChI=1S/C9H6FNO3/c10-8(9(12)13)14-7-4-2-1-3-6(7)5-11/h1-4,8H,(H,12,13)/t8-/m1/s1. The highest BCUT2D eigenvalue weighted by Gasteiger charge is 2.18. The van der Waals surface area contributed by atoms with Crippen molar-refractivity contribution in [2.24, 2.45) is 0 Å². The zero-order chi connectivity index (χ0) is 10.6. The Morgan fingerprint density at radius 2 is 2.21 bits per heavy atom. The van der Waals surface area contributed by atoms with Gasteiger partial charge in [0, 0.05) is 0 Å². The molecule has 1 atom stereocenters. The lowest BCUT2D eigenvalue weighted by atomic mass is 10.2. The molecule has 1 aromatic rings. The van der Waals surface area contributed by atoms with Gasteiger partial charge in [0.1, 0.15) is 11.8 Å². The van der Waals surface area contributed by atoms with Crippen LogP contribution in [0.2, 0.25) is 0 Å². The van der Waals surface area contributed by atoms with E-state index < -0.39 is 12.3 Å². The number of benzene rings is 1. The zero-order valence-corrected chi connectivity index (χ0v) is 6.98. The minimum absolute atomic E-state index is 0.0788. The second kappa shape index (κ2) is 4.23. The summed E-state index contributed by atoms with van der Waals surface area (Å²) in [5.74, 6) is -1.80. The van der Waals surface area contributed by atoms with Gasteiger partial charge in [-0.15, -0.1) is 0 Å². The fourth-order valence-electron chi connectivity index (χ4n) is 0.824. The number of hydrogen-bond acceptors (Lipinski definition) is 3. The third kappa shape index (κ3) is 2.20. The minimum atomic E-state index is -2.45. The molecule has 5 heteroatoms. The van der Waals surface area contributed by atoms with Crippen LogP contribution >= 0.6 is 0 Å². The monoisotopic (exact) mass is 195 g/mol. The van der Waals surface area contributed by atoms with Crippen LogP contribution in [0.25, 0.3) is 0 Å². The van der Waals surface area contributed by atoms with E-state index in [2.05, 4.69) is 4.74 Å². The number of ether oxygens (including phenoxy) is 1. The Morgan fingerprint density at radius 3 is 2.79 bits per heavy atom. The first kappa shape index (κ1) is 9.99. The van der Waals surface area contributed by atoms with Crippen LogP contribution in [0.5, 0.6) is 5.75 Å². The van der Waals surface area contributed by atoms with E-state index in [9.17, 15) is 9.18 Å². The summed E-state index contributed by atoms with van der Waals surface area (Å²) < 4.78 is 17.0. The molecule has 0 spiro atoms. The van der Waals surface area contributed by atoms with Crippen molar-refractivity contribution in [3.05, 3.63) is 29.8 Å². The van der Waals surface area contributed by atoms with Crippen molar-refractivity contribution in [3.8, 4) is 11.8 Å². The van der Waals surface area contributed by atoms with Crippen molar-refractivity contribution in [3.63, 3.8) is 0 Å². The molecule has 0 heterocycles. The summed E-state index contributed by atoms with van der Waals surface area (Å²) >= 11 is 0. The number of carbonyl (C=O) groups is 1. The van der Waals surface area contributed by atoms with Gasteiger partial charge in [-0.05, 0) is 12.1 Å². The maximum Gasteiger partial charge on any atom is 0.378 e. The maximum absolute atomic E-state index is 12.6. The number of nitriles is 1. The fourth-order valence-corrected chi connectivity index (χ4v) is 0.824. The van der Waals surface area contributed by atoms with Crippen LogP contribution in [0.15, 0.2) is 24.3 Å². The average Bonchev–Trinajstić information content (AvgIpc) is 2.18. The van der Waals surface area contributed by atoms with E-state index in [1.54, 1.807) is 12.1 Å². The highest BCUT2D eigenvalue weighted by Crippen LogP contribution is 2.18. The average molecular weight is 195 g/mol. The molecule has 0 aliphatic heterocycles. The van der Waals surface area contributed by atoms with Gasteiger partial charge in [-0.3, -0.25) is 0 Å². The van der Waals surface area contributed by atoms with Crippen LogP contribution < -0.4 is 4.74 Å². The normalized spacial score (nSPS) is 11.4. The quantitative estimate of drug-likeness (QED) is 0.789. The minimum Gasteiger partial charge on any atom is -0.476 e. The number of para-hydroxylation sites is 1. The van der Waals surface area contributed by atoms with Crippen molar-refractivity contribution in [2.45, 2.75) is 6.36 Å². The smallest absolute Gasteiger partial charge is 0.378 e. The number of aliphatic carboxylic acids is 1. The Bertz CT molecular complexity index is 386. The van der Waals surface area contributed by atoms with Crippen molar-refractivity contribution in [1.82, 2.24) is 0 Å². The maximum atomic E-state index is 12.6. The van der Waals surface area contributed by atoms with Gasteiger partial charge in [-0.2, -0.15) is 9.65 Å². The van der Waals surface area contributed by atoms with Crippen LogP contribution in [0, 0.1) is 11.3 Å². The fraction of sp³-hybridized carbons (Fsp3) is 0.111. The summed E-state index contributed by atoms with van der Waals surface area (Å²) in [5.41, 5.74) is 0.0939. The highest BCUT2D eigenvalue weighted by atomic mass is 19.1. The van der Waals surface area contributed by atoms with Crippen molar-refractivity contribution in [1.29, 1.82) is 5.26 Å². The van der Waals surface area contributed by atoms with E-state index in [1.165, 1.54) is 18.2 Å². The Hall–Kier alpha value is -2.09. The first-order valence-corrected chi connectivity index (χ1v) is 3.68. The molecular formula is C9H6FNO3. The summed E-state index contributed by atoms with van der Waals surface area (Å²) in [6.45, 7) is 0. The van der Waals surface area contributed by atoms with Crippen LogP contribution in [0.4, 0.5) is 4.39 Å². The van der Waals surface area contributed by atoms with Crippen LogP contribution in [0.3, 0.4) is 0 Å². The summed E-state index contributed by atoms with van der Waals surface area (Å²) in [5, 5.41) is 16.8. The van der Waals surface area contributed by atoms with E-state index in [1.807, 2.05) is 0 Å². The molecule has 0 amide bonds. The number of halogens is 1. The largest absolute Gasteiger partial charge is 0.476 e. The molecule has 0 unspecified atom stereocenters. The highest BCUT2D eigenvalue weighted by molar-refractivity contribution is 5.71. The number of nitrogens with zero attached hydrogens (tertiary/aromatic N) is 1. The SMILES string of the molecule is N#Cc1ccccc1O[C@@H](F)C(=O)O. The predicted molar refractivity (Wildman–Crippen MR) is 44.3 cm³/mol. The summed E-state index contributed by atoms with van der Waals surface area (Å²) in [6, 6.07) is 7.58. The van der Waals surface area contributed by atoms with E-state index in [0.717, 1.165) is 0 Å². The third-order valence-corrected chi connectivity index (χ3v) is 1.43. The van der Waals surface area contributed by atoms with Gasteiger partial charge < -0.3 is 9.84 Å². The zero-order valence-electron chi connectivity index (χ0n) is 6.98. The Labute approximate surface area is 79.2 Å². The topological polar surface area (TPSA) is 70.3 Å². The van der Waals surface area contributed by atoms with Crippen molar-refractivity contribution < 1.29 is 19.0 Å². The molecular weight excluding hydrogens is 189 g/mol. The van der Waals surface area contributed by atoms with Crippen LogP contribution in [-0.2, 0) is 4.79 Å². The Kier molecular flexibility index (Phi) is 3.02. The van der Waals surface area contributed by atoms with E-state index in [-0.39, 0.29) is 11.3 Å². The molecule has 4 nitrogen and oxygen atoms in total. The van der Waals surface area contributed by atoms with E-state index in [0.29, 0.717) is 0 Å². The molecule has 0 radical (unpaired) electrons. The number of alkyl halides is 1. The van der Waals surface area contributed by atoms with Crippen molar-refractivity contribution >= 4 is 5.97 Å². The number of hydrogen-bond donors (Lipinski definition) is 1. The van der Waals surface area contributed by atoms with E-state index in [4.69, 9.17) is 10.4 Å². The molecule has 1 aromatic carbocycles. The van der Waals surface area contributed by atoms with E-state index >= 15 is 0 Å². The predicted octanol–water partition coefficient (Wildman–Crippen LogP) is 1.32. The first-order valence-electron chi connectivity index (χ1n) is 3.68. The molecule has 0 aliphatic carbocycles. The van der Waals surface area contributed by atoms with Crippen LogP contribution in [0.1, 0.15) is 5.56 Å². The second-order valence-corrected chi connectivity index (χ2v) is 2.38. The van der Waals surface area contributed by atoms with Gasteiger partial charge in [0.05, 0.1) is 5.56 Å².